The molecule has 1 amide bonds. The Morgan fingerprint density at radius 2 is 1.91 bits per heavy atom. The molecule has 174 valence electrons. The molecule has 0 saturated heterocycles. The van der Waals surface area contributed by atoms with Crippen molar-refractivity contribution in [2.24, 2.45) is 0 Å². The van der Waals surface area contributed by atoms with E-state index in [1.807, 2.05) is 50.2 Å². The number of carbonyl (C=O) groups is 1. The van der Waals surface area contributed by atoms with E-state index in [-0.39, 0.29) is 17.2 Å². The molecular weight excluding hydrogens is 577 g/mol. The second-order valence-corrected chi connectivity index (χ2v) is 11.8. The van der Waals surface area contributed by atoms with Crippen molar-refractivity contribution in [1.82, 2.24) is 9.55 Å². The van der Waals surface area contributed by atoms with Gasteiger partial charge < -0.3 is 5.32 Å². The molecule has 0 bridgehead atoms. The molecule has 1 N–H and O–H groups in total. The molecule has 2 aromatic carbocycles. The predicted octanol–water partition coefficient (Wildman–Crippen LogP) is 6.28. The van der Waals surface area contributed by atoms with E-state index < -0.39 is 0 Å². The normalized spacial score (nSPS) is 13.1. The van der Waals surface area contributed by atoms with Crippen LogP contribution >= 0.6 is 45.7 Å². The predicted molar refractivity (Wildman–Crippen MR) is 150 cm³/mol. The summed E-state index contributed by atoms with van der Waals surface area (Å²) in [6.07, 6.45) is 4.22. The second-order valence-electron chi connectivity index (χ2n) is 8.56. The van der Waals surface area contributed by atoms with Crippen LogP contribution in [-0.2, 0) is 17.6 Å². The first-order valence-corrected chi connectivity index (χ1v) is 14.1. The summed E-state index contributed by atoms with van der Waals surface area (Å²) < 4.78 is 2.82. The molecule has 5 nitrogen and oxygen atoms in total. The lowest BCUT2D eigenvalue weighted by atomic mass is 9.97. The number of amides is 1. The maximum absolute atomic E-state index is 13.9. The first-order chi connectivity index (χ1) is 16.4. The van der Waals surface area contributed by atoms with Gasteiger partial charge in [0.1, 0.15) is 4.83 Å². The molecule has 2 aromatic heterocycles. The molecule has 8 heteroatoms. The van der Waals surface area contributed by atoms with Crippen molar-refractivity contribution in [3.05, 3.63) is 78.0 Å². The van der Waals surface area contributed by atoms with Crippen molar-refractivity contribution in [2.45, 2.75) is 44.7 Å². The summed E-state index contributed by atoms with van der Waals surface area (Å²) in [5.41, 5.74) is 4.88. The summed E-state index contributed by atoms with van der Waals surface area (Å²) >= 11 is 5.18. The maximum Gasteiger partial charge on any atom is 0.267 e. The lowest BCUT2D eigenvalue weighted by molar-refractivity contribution is -0.113. The van der Waals surface area contributed by atoms with Gasteiger partial charge in [0.2, 0.25) is 5.91 Å². The van der Waals surface area contributed by atoms with E-state index in [0.717, 1.165) is 62.0 Å². The van der Waals surface area contributed by atoms with Crippen LogP contribution in [0.4, 0.5) is 5.69 Å². The van der Waals surface area contributed by atoms with Gasteiger partial charge in [0.15, 0.2) is 5.16 Å². The van der Waals surface area contributed by atoms with Crippen molar-refractivity contribution in [2.75, 3.05) is 11.1 Å². The van der Waals surface area contributed by atoms with Gasteiger partial charge in [-0.1, -0.05) is 29.5 Å². The number of aromatic nitrogens is 2. The van der Waals surface area contributed by atoms with Crippen LogP contribution in [0.5, 0.6) is 0 Å². The van der Waals surface area contributed by atoms with Crippen molar-refractivity contribution >= 4 is 67.5 Å². The third kappa shape index (κ3) is 4.67. The number of halogens is 1. The minimum atomic E-state index is -0.127. The average Bonchev–Trinajstić information content (AvgIpc) is 3.19. The number of aryl methyl sites for hydroxylation is 4. The highest BCUT2D eigenvalue weighted by Gasteiger charge is 2.23. The lowest BCUT2D eigenvalue weighted by Gasteiger charge is -2.15. The first-order valence-electron chi connectivity index (χ1n) is 11.2. The van der Waals surface area contributed by atoms with Crippen molar-refractivity contribution in [3.8, 4) is 5.69 Å². The van der Waals surface area contributed by atoms with Crippen LogP contribution in [0.15, 0.2) is 52.4 Å². The number of benzene rings is 2. The van der Waals surface area contributed by atoms with Gasteiger partial charge in [-0.3, -0.25) is 14.2 Å². The number of carbonyl (C=O) groups excluding carboxylic acids is 1. The van der Waals surface area contributed by atoms with Crippen molar-refractivity contribution in [3.63, 3.8) is 0 Å². The second kappa shape index (κ2) is 9.83. The molecule has 34 heavy (non-hydrogen) atoms. The fraction of sp³-hybridized carbons (Fsp3) is 0.269. The molecule has 0 radical (unpaired) electrons. The van der Waals surface area contributed by atoms with Gasteiger partial charge in [0.25, 0.3) is 5.56 Å². The monoisotopic (exact) mass is 601 g/mol. The minimum Gasteiger partial charge on any atom is -0.325 e. The van der Waals surface area contributed by atoms with Crippen LogP contribution in [0.3, 0.4) is 0 Å². The summed E-state index contributed by atoms with van der Waals surface area (Å²) in [5.74, 6) is 0.0399. The molecule has 0 spiro atoms. The van der Waals surface area contributed by atoms with Crippen molar-refractivity contribution < 1.29 is 4.79 Å². The van der Waals surface area contributed by atoms with Crippen LogP contribution in [0.25, 0.3) is 15.9 Å². The molecule has 2 heterocycles. The highest BCUT2D eigenvalue weighted by molar-refractivity contribution is 14.1. The van der Waals surface area contributed by atoms with Gasteiger partial charge in [0, 0.05) is 14.1 Å². The van der Waals surface area contributed by atoms with E-state index in [1.54, 1.807) is 15.9 Å². The SMILES string of the molecule is Cc1ccc(-n2c(SCC(=O)Nc3ccc(I)cc3)nc3sc4c(c3c2=O)CCCC4)c(C)c1. The number of hydrogen-bond acceptors (Lipinski definition) is 5. The molecule has 0 atom stereocenters. The van der Waals surface area contributed by atoms with E-state index >= 15 is 0 Å². The fourth-order valence-electron chi connectivity index (χ4n) is 4.41. The Kier molecular flexibility index (Phi) is 6.81. The lowest BCUT2D eigenvalue weighted by Crippen LogP contribution is -2.24. The van der Waals surface area contributed by atoms with E-state index in [1.165, 1.54) is 22.2 Å². The summed E-state index contributed by atoms with van der Waals surface area (Å²) in [7, 11) is 0. The summed E-state index contributed by atoms with van der Waals surface area (Å²) in [6.45, 7) is 4.06. The molecule has 0 saturated carbocycles. The zero-order chi connectivity index (χ0) is 23.8. The zero-order valence-corrected chi connectivity index (χ0v) is 22.8. The molecule has 1 aliphatic rings. The Hall–Kier alpha value is -2.17. The Morgan fingerprint density at radius 1 is 1.15 bits per heavy atom. The smallest absolute Gasteiger partial charge is 0.267 e. The Bertz CT molecular complexity index is 1460. The number of anilines is 1. The topological polar surface area (TPSA) is 64.0 Å². The van der Waals surface area contributed by atoms with Crippen LogP contribution in [-0.4, -0.2) is 21.2 Å². The van der Waals surface area contributed by atoms with E-state index in [0.29, 0.717) is 5.16 Å². The van der Waals surface area contributed by atoms with Crippen LogP contribution in [0.2, 0.25) is 0 Å². The number of nitrogens with zero attached hydrogens (tertiary/aromatic N) is 2. The molecular formula is C26H24IN3O2S2. The van der Waals surface area contributed by atoms with Crippen LogP contribution in [0, 0.1) is 17.4 Å². The van der Waals surface area contributed by atoms with E-state index in [9.17, 15) is 9.59 Å². The van der Waals surface area contributed by atoms with Gasteiger partial charge >= 0.3 is 0 Å². The highest BCUT2D eigenvalue weighted by atomic mass is 127. The number of nitrogens with one attached hydrogen (secondary N) is 1. The first kappa shape index (κ1) is 23.6. The van der Waals surface area contributed by atoms with E-state index in [2.05, 4.69) is 34.0 Å². The molecule has 0 aliphatic heterocycles. The Balaban J connectivity index is 1.55. The average molecular weight is 602 g/mol. The molecule has 1 aliphatic carbocycles. The minimum absolute atomic E-state index is 0.0307. The maximum atomic E-state index is 13.9. The van der Waals surface area contributed by atoms with Gasteiger partial charge in [-0.25, -0.2) is 4.98 Å². The Labute approximate surface area is 220 Å². The molecule has 5 rings (SSSR count). The molecule has 4 aromatic rings. The van der Waals surface area contributed by atoms with Gasteiger partial charge in [0.05, 0.1) is 16.8 Å². The highest BCUT2D eigenvalue weighted by Crippen LogP contribution is 2.35. The van der Waals surface area contributed by atoms with Gasteiger partial charge in [-0.05, 0) is 104 Å². The standard InChI is InChI=1S/C26H24IN3O2S2/c1-15-7-12-20(16(2)13-15)30-25(32)23-19-5-3-4-6-21(19)34-24(23)29-26(30)33-14-22(31)28-18-10-8-17(27)9-11-18/h7-13H,3-6,14H2,1-2H3,(H,28,31). The van der Waals surface area contributed by atoms with E-state index in [4.69, 9.17) is 4.98 Å². The number of hydrogen-bond donors (Lipinski definition) is 1. The van der Waals surface area contributed by atoms with Crippen LogP contribution in [0.1, 0.15) is 34.4 Å². The largest absolute Gasteiger partial charge is 0.325 e. The summed E-state index contributed by atoms with van der Waals surface area (Å²) in [4.78, 5) is 33.6. The van der Waals surface area contributed by atoms with Crippen molar-refractivity contribution in [1.29, 1.82) is 0 Å². The third-order valence-corrected chi connectivity index (χ3v) is 8.86. The van der Waals surface area contributed by atoms with Gasteiger partial charge in [-0.2, -0.15) is 0 Å². The number of rotatable bonds is 5. The Morgan fingerprint density at radius 3 is 2.68 bits per heavy atom. The fourth-order valence-corrected chi connectivity index (χ4v) is 6.88. The number of thioether (sulfide) groups is 1. The van der Waals surface area contributed by atoms with Crippen LogP contribution < -0.4 is 10.9 Å². The summed E-state index contributed by atoms with van der Waals surface area (Å²) in [5, 5.41) is 4.25. The third-order valence-electron chi connectivity index (χ3n) is 6.01. The molecule has 0 fully saturated rings. The summed E-state index contributed by atoms with van der Waals surface area (Å²) in [6, 6.07) is 13.7. The number of thiophene rings is 1. The van der Waals surface area contributed by atoms with Gasteiger partial charge in [-0.15, -0.1) is 11.3 Å². The quantitative estimate of drug-likeness (QED) is 0.166. The number of fused-ring (bicyclic) bond motifs is 3. The molecule has 0 unspecified atom stereocenters. The zero-order valence-electron chi connectivity index (χ0n) is 19.0.